The van der Waals surface area contributed by atoms with Gasteiger partial charge >= 0.3 is 0 Å². The van der Waals surface area contributed by atoms with E-state index in [1.807, 2.05) is 13.1 Å². The van der Waals surface area contributed by atoms with E-state index < -0.39 is 10.0 Å². The second-order valence-electron chi connectivity index (χ2n) is 5.72. The van der Waals surface area contributed by atoms with Crippen LogP contribution in [0, 0.1) is 6.92 Å². The van der Waals surface area contributed by atoms with Crippen molar-refractivity contribution in [2.24, 2.45) is 0 Å². The molecule has 24 heavy (non-hydrogen) atoms. The predicted molar refractivity (Wildman–Crippen MR) is 97.9 cm³/mol. The number of hydrogen-bond acceptors (Lipinski definition) is 4. The third-order valence-corrected chi connectivity index (χ3v) is 5.50. The molecular weight excluding hydrogens is 346 g/mol. The molecule has 1 aromatic heterocycles. The number of sulfonamides is 1. The van der Waals surface area contributed by atoms with E-state index in [0.717, 1.165) is 18.7 Å². The highest BCUT2D eigenvalue weighted by atomic mass is 35.5. The topological polar surface area (TPSA) is 62.3 Å². The highest BCUT2D eigenvalue weighted by molar-refractivity contribution is 7.92. The molecule has 1 aromatic carbocycles. The van der Waals surface area contributed by atoms with Crippen LogP contribution in [0.15, 0.2) is 41.3 Å². The largest absolute Gasteiger partial charge is 0.301 e. The van der Waals surface area contributed by atoms with Crippen LogP contribution >= 0.6 is 11.6 Å². The highest BCUT2D eigenvalue weighted by Crippen LogP contribution is 2.24. The minimum atomic E-state index is -3.73. The van der Waals surface area contributed by atoms with Crippen molar-refractivity contribution in [2.45, 2.75) is 31.7 Å². The number of hydrogen-bond donors (Lipinski definition) is 1. The quantitative estimate of drug-likeness (QED) is 0.810. The average Bonchev–Trinajstić information content (AvgIpc) is 2.50. The maximum absolute atomic E-state index is 12.6. The van der Waals surface area contributed by atoms with Crippen LogP contribution in [0.5, 0.6) is 0 Å². The van der Waals surface area contributed by atoms with Crippen LogP contribution in [0.3, 0.4) is 0 Å². The number of nitrogens with one attached hydrogen (secondary N) is 1. The summed E-state index contributed by atoms with van der Waals surface area (Å²) in [6.45, 7) is 5.42. The number of benzene rings is 1. The fourth-order valence-corrected chi connectivity index (χ4v) is 3.93. The van der Waals surface area contributed by atoms with Crippen LogP contribution < -0.4 is 4.72 Å². The van der Waals surface area contributed by atoms with Crippen molar-refractivity contribution in [3.63, 3.8) is 0 Å². The Labute approximate surface area is 148 Å². The Morgan fingerprint density at radius 1 is 1.21 bits per heavy atom. The van der Waals surface area contributed by atoms with E-state index in [9.17, 15) is 8.42 Å². The van der Waals surface area contributed by atoms with E-state index in [0.29, 0.717) is 22.9 Å². The molecule has 7 heteroatoms. The Morgan fingerprint density at radius 2 is 1.92 bits per heavy atom. The lowest BCUT2D eigenvalue weighted by atomic mass is 10.2. The standard InChI is InChI=1S/C17H22ClN3O2S/c1-4-11-21(3)12-14-7-5-10-17(19-14)20-24(22,23)16-9-6-8-15(18)13(16)2/h5-10H,4,11-12H2,1-3H3,(H,19,20). The smallest absolute Gasteiger partial charge is 0.263 e. The molecule has 1 heterocycles. The number of aromatic nitrogens is 1. The van der Waals surface area contributed by atoms with Gasteiger partial charge in [0.1, 0.15) is 5.82 Å². The van der Waals surface area contributed by atoms with Gasteiger partial charge in [-0.3, -0.25) is 4.72 Å². The molecular formula is C17H22ClN3O2S. The van der Waals surface area contributed by atoms with Crippen LogP contribution in [0.1, 0.15) is 24.6 Å². The molecule has 0 saturated carbocycles. The minimum Gasteiger partial charge on any atom is -0.301 e. The van der Waals surface area contributed by atoms with Gasteiger partial charge in [-0.1, -0.05) is 30.7 Å². The summed E-state index contributed by atoms with van der Waals surface area (Å²) >= 11 is 6.02. The second kappa shape index (κ2) is 7.96. The average molecular weight is 368 g/mol. The number of nitrogens with zero attached hydrogens (tertiary/aromatic N) is 2. The number of halogens is 1. The predicted octanol–water partition coefficient (Wildman–Crippen LogP) is 3.69. The molecule has 0 aliphatic heterocycles. The van der Waals surface area contributed by atoms with Gasteiger partial charge in [-0.2, -0.15) is 0 Å². The van der Waals surface area contributed by atoms with Crippen molar-refractivity contribution >= 4 is 27.4 Å². The summed E-state index contributed by atoms with van der Waals surface area (Å²) < 4.78 is 27.7. The van der Waals surface area contributed by atoms with Crippen molar-refractivity contribution in [2.75, 3.05) is 18.3 Å². The number of pyridine rings is 1. The summed E-state index contributed by atoms with van der Waals surface area (Å²) in [5, 5.41) is 0.417. The van der Waals surface area contributed by atoms with E-state index in [-0.39, 0.29) is 4.90 Å². The van der Waals surface area contributed by atoms with Crippen molar-refractivity contribution in [1.82, 2.24) is 9.88 Å². The van der Waals surface area contributed by atoms with Gasteiger partial charge in [0.25, 0.3) is 10.0 Å². The Bertz CT molecular complexity index is 809. The molecule has 130 valence electrons. The van der Waals surface area contributed by atoms with Crippen LogP contribution in [0.25, 0.3) is 0 Å². The first kappa shape index (κ1) is 18.7. The molecule has 0 bridgehead atoms. The lowest BCUT2D eigenvalue weighted by molar-refractivity contribution is 0.324. The number of anilines is 1. The van der Waals surface area contributed by atoms with Gasteiger partial charge in [0, 0.05) is 11.6 Å². The van der Waals surface area contributed by atoms with E-state index in [1.165, 1.54) is 6.07 Å². The van der Waals surface area contributed by atoms with E-state index in [2.05, 4.69) is 21.5 Å². The van der Waals surface area contributed by atoms with Crippen LogP contribution in [-0.4, -0.2) is 31.9 Å². The van der Waals surface area contributed by atoms with Gasteiger partial charge in [0.15, 0.2) is 0 Å². The lowest BCUT2D eigenvalue weighted by Gasteiger charge is -2.16. The first-order valence-electron chi connectivity index (χ1n) is 7.76. The Kier molecular flexibility index (Phi) is 6.21. The van der Waals surface area contributed by atoms with E-state index in [4.69, 9.17) is 11.6 Å². The molecule has 2 rings (SSSR count). The Hall–Kier alpha value is -1.63. The van der Waals surface area contributed by atoms with Gasteiger partial charge in [-0.15, -0.1) is 0 Å². The van der Waals surface area contributed by atoms with Crippen LogP contribution in [0.2, 0.25) is 5.02 Å². The third-order valence-electron chi connectivity index (χ3n) is 3.59. The Morgan fingerprint density at radius 3 is 2.62 bits per heavy atom. The molecule has 0 aliphatic carbocycles. The van der Waals surface area contributed by atoms with Gasteiger partial charge < -0.3 is 4.90 Å². The summed E-state index contributed by atoms with van der Waals surface area (Å²) in [7, 11) is -1.72. The molecule has 0 saturated heterocycles. The first-order valence-corrected chi connectivity index (χ1v) is 9.62. The SMILES string of the molecule is CCCN(C)Cc1cccc(NS(=O)(=O)c2cccc(Cl)c2C)n1. The second-order valence-corrected chi connectivity index (χ2v) is 7.78. The van der Waals surface area contributed by atoms with Gasteiger partial charge in [0.2, 0.25) is 0 Å². The molecule has 0 aliphatic rings. The first-order chi connectivity index (χ1) is 11.3. The van der Waals surface area contributed by atoms with Gasteiger partial charge in [0.05, 0.1) is 10.6 Å². The summed E-state index contributed by atoms with van der Waals surface area (Å²) in [4.78, 5) is 6.69. The van der Waals surface area contributed by atoms with Gasteiger partial charge in [-0.05, 0) is 56.8 Å². The molecule has 0 fully saturated rings. The monoisotopic (exact) mass is 367 g/mol. The van der Waals surface area contributed by atoms with Crippen molar-refractivity contribution in [3.8, 4) is 0 Å². The molecule has 0 unspecified atom stereocenters. The lowest BCUT2D eigenvalue weighted by Crippen LogP contribution is -2.20. The third kappa shape index (κ3) is 4.69. The maximum atomic E-state index is 12.6. The Balaban J connectivity index is 2.22. The fourth-order valence-electron chi connectivity index (χ4n) is 2.43. The van der Waals surface area contributed by atoms with Crippen molar-refractivity contribution in [1.29, 1.82) is 0 Å². The molecule has 1 N–H and O–H groups in total. The molecule has 0 radical (unpaired) electrons. The van der Waals surface area contributed by atoms with Crippen LogP contribution in [0.4, 0.5) is 5.82 Å². The highest BCUT2D eigenvalue weighted by Gasteiger charge is 2.19. The summed E-state index contributed by atoms with van der Waals surface area (Å²) in [6.07, 6.45) is 1.05. The summed E-state index contributed by atoms with van der Waals surface area (Å²) in [5.41, 5.74) is 1.33. The molecule has 0 amide bonds. The normalized spacial score (nSPS) is 11.7. The zero-order valence-electron chi connectivity index (χ0n) is 14.1. The molecule has 5 nitrogen and oxygen atoms in total. The van der Waals surface area contributed by atoms with Gasteiger partial charge in [-0.25, -0.2) is 13.4 Å². The van der Waals surface area contributed by atoms with Crippen LogP contribution in [-0.2, 0) is 16.6 Å². The van der Waals surface area contributed by atoms with E-state index in [1.54, 1.807) is 31.2 Å². The van der Waals surface area contributed by atoms with Crippen molar-refractivity contribution in [3.05, 3.63) is 52.7 Å². The van der Waals surface area contributed by atoms with E-state index >= 15 is 0 Å². The summed E-state index contributed by atoms with van der Waals surface area (Å²) in [6, 6.07) is 10.1. The summed E-state index contributed by atoms with van der Waals surface area (Å²) in [5.74, 6) is 0.303. The number of rotatable bonds is 7. The minimum absolute atomic E-state index is 0.158. The van der Waals surface area contributed by atoms with Crippen molar-refractivity contribution < 1.29 is 8.42 Å². The zero-order chi connectivity index (χ0) is 17.7. The maximum Gasteiger partial charge on any atom is 0.263 e. The fraction of sp³-hybridized carbons (Fsp3) is 0.353. The molecule has 0 spiro atoms. The molecule has 2 aromatic rings. The zero-order valence-corrected chi connectivity index (χ0v) is 15.7. The molecule has 0 atom stereocenters.